The normalized spacial score (nSPS) is 15.4. The van der Waals surface area contributed by atoms with Gasteiger partial charge in [0, 0.05) is 33.2 Å². The van der Waals surface area contributed by atoms with Gasteiger partial charge in [-0.05, 0) is 11.4 Å². The molecule has 1 aromatic heterocycles. The second-order valence-corrected chi connectivity index (χ2v) is 5.71. The largest absolute Gasteiger partial charge is 0.339 e. The number of nitrogens with zero attached hydrogens (tertiary/aromatic N) is 2. The average Bonchev–Trinajstić information content (AvgIpc) is 2.85. The highest BCUT2D eigenvalue weighted by Gasteiger charge is 2.22. The summed E-state index contributed by atoms with van der Waals surface area (Å²) in [5.74, 6) is -0.228. The van der Waals surface area contributed by atoms with E-state index in [1.807, 2.05) is 0 Å². The third kappa shape index (κ3) is 3.46. The third-order valence-corrected chi connectivity index (χ3v) is 4.33. The number of thiophene rings is 1. The minimum absolute atomic E-state index is 0.0231. The molecule has 0 atom stereocenters. The van der Waals surface area contributed by atoms with Crippen LogP contribution in [0.25, 0.3) is 0 Å². The molecule has 1 aliphatic rings. The van der Waals surface area contributed by atoms with Gasteiger partial charge in [-0.15, -0.1) is 11.3 Å². The van der Waals surface area contributed by atoms with E-state index in [0.29, 0.717) is 23.0 Å². The van der Waals surface area contributed by atoms with Crippen molar-refractivity contribution >= 4 is 34.8 Å². The van der Waals surface area contributed by atoms with Gasteiger partial charge < -0.3 is 15.1 Å². The van der Waals surface area contributed by atoms with Crippen LogP contribution < -0.4 is 5.32 Å². The van der Waals surface area contributed by atoms with Gasteiger partial charge in [0.25, 0.3) is 5.91 Å². The quantitative estimate of drug-likeness (QED) is 0.903. The van der Waals surface area contributed by atoms with Crippen molar-refractivity contribution < 1.29 is 9.59 Å². The van der Waals surface area contributed by atoms with E-state index in [1.165, 1.54) is 16.2 Å². The first-order chi connectivity index (χ1) is 9.09. The molecule has 0 aliphatic carbocycles. The Morgan fingerprint density at radius 3 is 2.74 bits per heavy atom. The molecular formula is C12H16ClN3O2S. The molecule has 0 saturated carbocycles. The van der Waals surface area contributed by atoms with Crippen molar-refractivity contribution in [2.75, 3.05) is 39.8 Å². The lowest BCUT2D eigenvalue weighted by Gasteiger charge is -2.29. The number of carbonyl (C=O) groups is 2. The standard InChI is InChI=1S/C12H16ClN3O2S/c1-15(12(18)11-9(13)2-7-19-11)8-10(17)16-5-3-14-4-6-16/h2,7,14H,3-6,8H2,1H3. The second kappa shape index (κ2) is 6.36. The van der Waals surface area contributed by atoms with Gasteiger partial charge in [0.05, 0.1) is 11.6 Å². The van der Waals surface area contributed by atoms with Gasteiger partial charge in [0.1, 0.15) is 4.88 Å². The van der Waals surface area contributed by atoms with Crippen LogP contribution in [0, 0.1) is 0 Å². The SMILES string of the molecule is CN(CC(=O)N1CCNCC1)C(=O)c1sccc1Cl. The van der Waals surface area contributed by atoms with Crippen LogP contribution in [0.15, 0.2) is 11.4 Å². The topological polar surface area (TPSA) is 52.7 Å². The van der Waals surface area contributed by atoms with E-state index in [2.05, 4.69) is 5.32 Å². The smallest absolute Gasteiger partial charge is 0.265 e. The molecule has 2 amide bonds. The number of hydrogen-bond donors (Lipinski definition) is 1. The average molecular weight is 302 g/mol. The fraction of sp³-hybridized carbons (Fsp3) is 0.500. The Morgan fingerprint density at radius 1 is 1.47 bits per heavy atom. The lowest BCUT2D eigenvalue weighted by molar-refractivity contribution is -0.132. The number of likely N-dealkylation sites (N-methyl/N-ethyl adjacent to an activating group) is 1. The van der Waals surface area contributed by atoms with Crippen molar-refractivity contribution in [1.29, 1.82) is 0 Å². The van der Waals surface area contributed by atoms with Crippen molar-refractivity contribution in [2.45, 2.75) is 0 Å². The molecule has 0 radical (unpaired) electrons. The lowest BCUT2D eigenvalue weighted by Crippen LogP contribution is -2.49. The highest BCUT2D eigenvalue weighted by Crippen LogP contribution is 2.23. The van der Waals surface area contributed by atoms with Crippen LogP contribution in [0.5, 0.6) is 0 Å². The molecule has 2 rings (SSSR count). The predicted octanol–water partition coefficient (Wildman–Crippen LogP) is 0.905. The van der Waals surface area contributed by atoms with Gasteiger partial charge in [-0.3, -0.25) is 9.59 Å². The van der Waals surface area contributed by atoms with Crippen molar-refractivity contribution in [3.63, 3.8) is 0 Å². The molecule has 1 saturated heterocycles. The molecule has 1 fully saturated rings. The van der Waals surface area contributed by atoms with Crippen LogP contribution >= 0.6 is 22.9 Å². The van der Waals surface area contributed by atoms with Gasteiger partial charge in [-0.2, -0.15) is 0 Å². The second-order valence-electron chi connectivity index (χ2n) is 4.39. The summed E-state index contributed by atoms with van der Waals surface area (Å²) >= 11 is 7.21. The van der Waals surface area contributed by atoms with Crippen molar-refractivity contribution in [3.8, 4) is 0 Å². The first-order valence-corrected chi connectivity index (χ1v) is 7.32. The number of piperazine rings is 1. The van der Waals surface area contributed by atoms with E-state index in [0.717, 1.165) is 13.1 Å². The Bertz CT molecular complexity index is 471. The molecule has 0 unspecified atom stereocenters. The zero-order chi connectivity index (χ0) is 13.8. The monoisotopic (exact) mass is 301 g/mol. The van der Waals surface area contributed by atoms with Crippen LogP contribution in [0.3, 0.4) is 0 Å². The Labute approximate surface area is 121 Å². The van der Waals surface area contributed by atoms with Crippen LogP contribution in [0.4, 0.5) is 0 Å². The van der Waals surface area contributed by atoms with E-state index >= 15 is 0 Å². The fourth-order valence-corrected chi connectivity index (χ4v) is 3.04. The molecule has 19 heavy (non-hydrogen) atoms. The molecular weight excluding hydrogens is 286 g/mol. The zero-order valence-corrected chi connectivity index (χ0v) is 12.3. The Morgan fingerprint density at radius 2 is 2.16 bits per heavy atom. The van der Waals surface area contributed by atoms with Crippen LogP contribution in [-0.2, 0) is 4.79 Å². The van der Waals surface area contributed by atoms with Crippen molar-refractivity contribution in [3.05, 3.63) is 21.3 Å². The highest BCUT2D eigenvalue weighted by atomic mass is 35.5. The van der Waals surface area contributed by atoms with E-state index in [4.69, 9.17) is 11.6 Å². The molecule has 1 aliphatic heterocycles. The highest BCUT2D eigenvalue weighted by molar-refractivity contribution is 7.12. The minimum atomic E-state index is -0.205. The predicted molar refractivity (Wildman–Crippen MR) is 75.7 cm³/mol. The Hall–Kier alpha value is -1.11. The van der Waals surface area contributed by atoms with Gasteiger partial charge in [0.2, 0.25) is 5.91 Å². The molecule has 7 heteroatoms. The van der Waals surface area contributed by atoms with Crippen molar-refractivity contribution in [1.82, 2.24) is 15.1 Å². The Balaban J connectivity index is 1.93. The van der Waals surface area contributed by atoms with Gasteiger partial charge in [-0.1, -0.05) is 11.6 Å². The summed E-state index contributed by atoms with van der Waals surface area (Å²) in [5, 5.41) is 5.39. The maximum absolute atomic E-state index is 12.1. The maximum Gasteiger partial charge on any atom is 0.265 e. The zero-order valence-electron chi connectivity index (χ0n) is 10.7. The van der Waals surface area contributed by atoms with Gasteiger partial charge >= 0.3 is 0 Å². The van der Waals surface area contributed by atoms with Crippen molar-refractivity contribution in [2.24, 2.45) is 0 Å². The number of hydrogen-bond acceptors (Lipinski definition) is 4. The van der Waals surface area contributed by atoms with Crippen LogP contribution in [0.2, 0.25) is 5.02 Å². The fourth-order valence-electron chi connectivity index (χ4n) is 1.91. The summed E-state index contributed by atoms with van der Waals surface area (Å²) in [5.41, 5.74) is 0. The molecule has 0 spiro atoms. The van der Waals surface area contributed by atoms with E-state index in [-0.39, 0.29) is 18.4 Å². The first kappa shape index (κ1) is 14.3. The van der Waals surface area contributed by atoms with E-state index in [1.54, 1.807) is 23.4 Å². The molecule has 1 aromatic rings. The molecule has 2 heterocycles. The first-order valence-electron chi connectivity index (χ1n) is 6.06. The summed E-state index contributed by atoms with van der Waals surface area (Å²) in [6.07, 6.45) is 0. The van der Waals surface area contributed by atoms with Gasteiger partial charge in [0.15, 0.2) is 0 Å². The number of rotatable bonds is 3. The minimum Gasteiger partial charge on any atom is -0.339 e. The van der Waals surface area contributed by atoms with Crippen LogP contribution in [0.1, 0.15) is 9.67 Å². The number of carbonyl (C=O) groups excluding carboxylic acids is 2. The van der Waals surface area contributed by atoms with E-state index in [9.17, 15) is 9.59 Å². The summed E-state index contributed by atoms with van der Waals surface area (Å²) in [6, 6.07) is 1.69. The molecule has 1 N–H and O–H groups in total. The summed E-state index contributed by atoms with van der Waals surface area (Å²) < 4.78 is 0. The van der Waals surface area contributed by atoms with E-state index < -0.39 is 0 Å². The summed E-state index contributed by atoms with van der Waals surface area (Å²) in [6.45, 7) is 3.09. The number of nitrogens with one attached hydrogen (secondary N) is 1. The molecule has 0 aromatic carbocycles. The van der Waals surface area contributed by atoms with Crippen LogP contribution in [-0.4, -0.2) is 61.4 Å². The number of amides is 2. The summed E-state index contributed by atoms with van der Waals surface area (Å²) in [7, 11) is 1.62. The number of halogens is 1. The summed E-state index contributed by atoms with van der Waals surface area (Å²) in [4.78, 5) is 27.8. The third-order valence-electron chi connectivity index (χ3n) is 3.00. The van der Waals surface area contributed by atoms with Gasteiger partial charge in [-0.25, -0.2) is 0 Å². The lowest BCUT2D eigenvalue weighted by atomic mass is 10.3. The maximum atomic E-state index is 12.1. The molecule has 0 bridgehead atoms. The molecule has 5 nitrogen and oxygen atoms in total. The Kier molecular flexibility index (Phi) is 4.79. The molecule has 104 valence electrons.